The first-order chi connectivity index (χ1) is 11.0. The maximum Gasteiger partial charge on any atom is 0.322 e. The Morgan fingerprint density at radius 1 is 0.957 bits per heavy atom. The summed E-state index contributed by atoms with van der Waals surface area (Å²) in [5.41, 5.74) is -0.0841. The van der Waals surface area contributed by atoms with Crippen LogP contribution in [0.25, 0.3) is 0 Å². The van der Waals surface area contributed by atoms with Crippen molar-refractivity contribution in [1.29, 1.82) is 0 Å². The molecule has 0 aromatic heterocycles. The Morgan fingerprint density at radius 3 is 2.09 bits per heavy atom. The molecule has 3 rings (SSSR count). The van der Waals surface area contributed by atoms with Gasteiger partial charge in [-0.25, -0.2) is 4.79 Å². The Hall–Kier alpha value is -3.15. The molecule has 3 amide bonds. The summed E-state index contributed by atoms with van der Waals surface area (Å²) in [4.78, 5) is 35.2. The molecule has 0 saturated carbocycles. The van der Waals surface area contributed by atoms with Crippen LogP contribution in [0, 0.1) is 0 Å². The van der Waals surface area contributed by atoms with Crippen molar-refractivity contribution >= 4 is 17.9 Å². The number of esters is 1. The number of rotatable bonds is 3. The minimum atomic E-state index is -1.30. The molecule has 2 aromatic rings. The number of amides is 3. The van der Waals surface area contributed by atoms with Gasteiger partial charge in [-0.2, -0.15) is 0 Å². The molecular weight excluding hydrogens is 296 g/mol. The van der Waals surface area contributed by atoms with Gasteiger partial charge in [-0.3, -0.25) is 14.9 Å². The minimum absolute atomic E-state index is 0.370. The third-order valence-corrected chi connectivity index (χ3v) is 3.62. The molecule has 23 heavy (non-hydrogen) atoms. The highest BCUT2D eigenvalue weighted by atomic mass is 16.5. The number of hydrogen-bond donors (Lipinski definition) is 2. The summed E-state index contributed by atoms with van der Waals surface area (Å²) in [5.74, 6) is -0.509. The smallest absolute Gasteiger partial charge is 0.322 e. The number of benzene rings is 2. The van der Waals surface area contributed by atoms with Crippen LogP contribution in [-0.4, -0.2) is 17.9 Å². The minimum Gasteiger partial charge on any atom is -0.427 e. The number of carbonyl (C=O) groups excluding carboxylic acids is 3. The van der Waals surface area contributed by atoms with E-state index in [9.17, 15) is 14.4 Å². The van der Waals surface area contributed by atoms with E-state index in [-0.39, 0.29) is 0 Å². The Kier molecular flexibility index (Phi) is 3.57. The van der Waals surface area contributed by atoms with Gasteiger partial charge in [0.25, 0.3) is 5.91 Å². The normalized spacial score (nSPS) is 19.9. The van der Waals surface area contributed by atoms with Gasteiger partial charge in [0.05, 0.1) is 0 Å². The van der Waals surface area contributed by atoms with E-state index in [4.69, 9.17) is 4.74 Å². The summed E-state index contributed by atoms with van der Waals surface area (Å²) in [6, 6.07) is 14.9. The van der Waals surface area contributed by atoms with Crippen molar-refractivity contribution in [3.8, 4) is 5.75 Å². The fraction of sp³-hybridized carbons (Fsp3) is 0.118. The predicted molar refractivity (Wildman–Crippen MR) is 81.6 cm³/mol. The number of imide groups is 1. The molecule has 1 unspecified atom stereocenters. The lowest BCUT2D eigenvalue weighted by atomic mass is 9.83. The molecule has 2 aromatic carbocycles. The third-order valence-electron chi connectivity index (χ3n) is 3.62. The van der Waals surface area contributed by atoms with Crippen molar-refractivity contribution in [2.75, 3.05) is 0 Å². The monoisotopic (exact) mass is 310 g/mol. The van der Waals surface area contributed by atoms with Crippen LogP contribution in [0.5, 0.6) is 5.75 Å². The van der Waals surface area contributed by atoms with Crippen LogP contribution in [-0.2, 0) is 15.1 Å². The molecule has 116 valence electrons. The predicted octanol–water partition coefficient (Wildman–Crippen LogP) is 1.69. The molecule has 1 fully saturated rings. The first-order valence-corrected chi connectivity index (χ1v) is 7.00. The Morgan fingerprint density at radius 2 is 1.57 bits per heavy atom. The molecule has 0 aliphatic carbocycles. The molecule has 1 heterocycles. The van der Waals surface area contributed by atoms with E-state index >= 15 is 0 Å². The first-order valence-electron chi connectivity index (χ1n) is 7.00. The SMILES string of the molecule is CC(=O)Oc1ccc(C2(c3ccccc3)NC(=O)NC2=O)cc1. The average Bonchev–Trinajstić information content (AvgIpc) is 2.84. The Bertz CT molecular complexity index is 771. The average molecular weight is 310 g/mol. The van der Waals surface area contributed by atoms with E-state index in [1.54, 1.807) is 48.5 Å². The van der Waals surface area contributed by atoms with Crippen LogP contribution in [0.15, 0.2) is 54.6 Å². The van der Waals surface area contributed by atoms with Gasteiger partial charge >= 0.3 is 12.0 Å². The van der Waals surface area contributed by atoms with E-state index in [2.05, 4.69) is 10.6 Å². The molecule has 1 saturated heterocycles. The second kappa shape index (κ2) is 5.57. The summed E-state index contributed by atoms with van der Waals surface area (Å²) in [6.45, 7) is 1.31. The van der Waals surface area contributed by atoms with E-state index in [0.29, 0.717) is 16.9 Å². The molecule has 0 radical (unpaired) electrons. The summed E-state index contributed by atoms with van der Waals surface area (Å²) >= 11 is 0. The van der Waals surface area contributed by atoms with E-state index in [1.165, 1.54) is 6.92 Å². The van der Waals surface area contributed by atoms with Crippen molar-refractivity contribution in [2.24, 2.45) is 0 Å². The van der Waals surface area contributed by atoms with Gasteiger partial charge in [0.15, 0.2) is 5.54 Å². The quantitative estimate of drug-likeness (QED) is 0.513. The molecule has 0 bridgehead atoms. The number of nitrogens with one attached hydrogen (secondary N) is 2. The second-order valence-corrected chi connectivity index (χ2v) is 5.14. The molecule has 1 atom stereocenters. The number of urea groups is 1. The standard InChI is InChI=1S/C17H14N2O4/c1-11(20)23-14-9-7-13(8-10-14)17(12-5-3-2-4-6-12)15(21)18-16(22)19-17/h2-10H,1H3,(H2,18,19,21,22). The largest absolute Gasteiger partial charge is 0.427 e. The molecule has 6 heteroatoms. The van der Waals surface area contributed by atoms with E-state index < -0.39 is 23.4 Å². The maximum absolute atomic E-state index is 12.5. The van der Waals surface area contributed by atoms with Crippen molar-refractivity contribution in [2.45, 2.75) is 12.5 Å². The van der Waals surface area contributed by atoms with Gasteiger partial charge in [-0.15, -0.1) is 0 Å². The van der Waals surface area contributed by atoms with Crippen molar-refractivity contribution in [3.05, 3.63) is 65.7 Å². The lowest BCUT2D eigenvalue weighted by Crippen LogP contribution is -2.44. The van der Waals surface area contributed by atoms with Crippen molar-refractivity contribution < 1.29 is 19.1 Å². The zero-order valence-electron chi connectivity index (χ0n) is 12.3. The van der Waals surface area contributed by atoms with Gasteiger partial charge in [-0.1, -0.05) is 42.5 Å². The lowest BCUT2D eigenvalue weighted by Gasteiger charge is -2.27. The van der Waals surface area contributed by atoms with Crippen LogP contribution < -0.4 is 15.4 Å². The molecule has 2 N–H and O–H groups in total. The molecule has 1 aliphatic heterocycles. The summed E-state index contributed by atoms with van der Waals surface area (Å²) < 4.78 is 4.99. The van der Waals surface area contributed by atoms with Crippen LogP contribution >= 0.6 is 0 Å². The summed E-state index contributed by atoms with van der Waals surface area (Å²) in [5, 5.41) is 4.98. The van der Waals surface area contributed by atoms with Crippen molar-refractivity contribution in [3.63, 3.8) is 0 Å². The van der Waals surface area contributed by atoms with Crippen LogP contribution in [0.4, 0.5) is 4.79 Å². The van der Waals surface area contributed by atoms with Gasteiger partial charge in [0.2, 0.25) is 0 Å². The van der Waals surface area contributed by atoms with Crippen molar-refractivity contribution in [1.82, 2.24) is 10.6 Å². The summed E-state index contributed by atoms with van der Waals surface area (Å²) in [6.07, 6.45) is 0. The number of hydrogen-bond acceptors (Lipinski definition) is 4. The Balaban J connectivity index is 2.08. The highest BCUT2D eigenvalue weighted by molar-refractivity contribution is 6.09. The second-order valence-electron chi connectivity index (χ2n) is 5.14. The molecule has 0 spiro atoms. The molecule has 6 nitrogen and oxygen atoms in total. The number of ether oxygens (including phenoxy) is 1. The van der Waals surface area contributed by atoms with Crippen LogP contribution in [0.1, 0.15) is 18.1 Å². The zero-order chi connectivity index (χ0) is 16.4. The van der Waals surface area contributed by atoms with Crippen LogP contribution in [0.3, 0.4) is 0 Å². The fourth-order valence-electron chi connectivity index (χ4n) is 2.66. The maximum atomic E-state index is 12.5. The van der Waals surface area contributed by atoms with E-state index in [0.717, 1.165) is 0 Å². The van der Waals surface area contributed by atoms with E-state index in [1.807, 2.05) is 6.07 Å². The fourth-order valence-corrected chi connectivity index (χ4v) is 2.66. The van der Waals surface area contributed by atoms with Gasteiger partial charge in [-0.05, 0) is 23.3 Å². The first kappa shape index (κ1) is 14.8. The number of carbonyl (C=O) groups is 3. The highest BCUT2D eigenvalue weighted by Crippen LogP contribution is 2.33. The zero-order valence-corrected chi connectivity index (χ0v) is 12.3. The van der Waals surface area contributed by atoms with Gasteiger partial charge in [0, 0.05) is 6.92 Å². The van der Waals surface area contributed by atoms with Gasteiger partial charge < -0.3 is 10.1 Å². The summed E-state index contributed by atoms with van der Waals surface area (Å²) in [7, 11) is 0. The Labute approximate surface area is 132 Å². The molecular formula is C17H14N2O4. The highest BCUT2D eigenvalue weighted by Gasteiger charge is 2.49. The molecule has 1 aliphatic rings. The van der Waals surface area contributed by atoms with Gasteiger partial charge in [0.1, 0.15) is 5.75 Å². The topological polar surface area (TPSA) is 84.5 Å². The lowest BCUT2D eigenvalue weighted by molar-refractivity contribution is -0.132. The third kappa shape index (κ3) is 2.55. The van der Waals surface area contributed by atoms with Crippen LogP contribution in [0.2, 0.25) is 0 Å².